The molecule has 4 heterocycles. The van der Waals surface area contributed by atoms with Crippen LogP contribution >= 0.6 is 0 Å². The van der Waals surface area contributed by atoms with Gasteiger partial charge in [0.1, 0.15) is 6.29 Å². The number of nitrogens with one attached hydrogen (secondary N) is 2. The van der Waals surface area contributed by atoms with Crippen LogP contribution in [0.5, 0.6) is 0 Å². The molecule has 2 aliphatic rings. The van der Waals surface area contributed by atoms with E-state index in [-0.39, 0.29) is 6.04 Å². The molecule has 0 saturated carbocycles. The zero-order chi connectivity index (χ0) is 25.9. The Morgan fingerprint density at radius 2 is 2.00 bits per heavy atom. The number of carbonyl (C=O) groups excluding carboxylic acids is 1. The Morgan fingerprint density at radius 1 is 1.19 bits per heavy atom. The molecule has 3 aromatic rings. The molecule has 37 heavy (non-hydrogen) atoms. The molecule has 0 aliphatic carbocycles. The number of nitrogens with zero attached hydrogens (tertiary/aromatic N) is 4. The summed E-state index contributed by atoms with van der Waals surface area (Å²) < 4.78 is 1.97. The van der Waals surface area contributed by atoms with Crippen molar-refractivity contribution in [3.63, 3.8) is 0 Å². The van der Waals surface area contributed by atoms with Crippen LogP contribution in [0.4, 0.5) is 0 Å². The zero-order valence-electron chi connectivity index (χ0n) is 22.0. The second-order valence-corrected chi connectivity index (χ2v) is 10.3. The van der Waals surface area contributed by atoms with Gasteiger partial charge in [-0.25, -0.2) is 9.50 Å². The smallest absolute Gasteiger partial charge is 0.159 e. The van der Waals surface area contributed by atoms with E-state index in [0.29, 0.717) is 12.6 Å². The standard InChI is InChI=1S/C29H38N6O2/c1-4-25-24(29-32-19(2)14-20(3)35(29)33-25)15-22-10-8-21(9-11-22)6-5-7-23-16-30-12-13-34(23)27-17-31-26(18-36)28(27)37/h5-6,8-11,14,18,23,26-28,30-31,37H,4,7,12-13,15-17H2,1-3H3/t23?,26-,27?,28-/m1/s1. The van der Waals surface area contributed by atoms with Crippen molar-refractivity contribution in [3.05, 3.63) is 70.2 Å². The fourth-order valence-electron chi connectivity index (χ4n) is 5.80. The average Bonchev–Trinajstić information content (AvgIpc) is 3.45. The summed E-state index contributed by atoms with van der Waals surface area (Å²) in [6, 6.07) is 10.6. The van der Waals surface area contributed by atoms with Crippen LogP contribution in [-0.4, -0.2) is 81.3 Å². The Hall–Kier alpha value is -2.91. The van der Waals surface area contributed by atoms with Gasteiger partial charge in [0.25, 0.3) is 0 Å². The van der Waals surface area contributed by atoms with Gasteiger partial charge in [0, 0.05) is 55.6 Å². The molecule has 2 saturated heterocycles. The summed E-state index contributed by atoms with van der Waals surface area (Å²) in [4.78, 5) is 18.4. The highest BCUT2D eigenvalue weighted by Gasteiger charge is 2.40. The van der Waals surface area contributed by atoms with E-state index in [4.69, 9.17) is 10.1 Å². The van der Waals surface area contributed by atoms with E-state index in [2.05, 4.69) is 71.9 Å². The highest BCUT2D eigenvalue weighted by Crippen LogP contribution is 2.23. The van der Waals surface area contributed by atoms with Gasteiger partial charge in [0.15, 0.2) is 5.65 Å². The average molecular weight is 503 g/mol. The minimum Gasteiger partial charge on any atom is -0.389 e. The van der Waals surface area contributed by atoms with Gasteiger partial charge in [-0.05, 0) is 43.9 Å². The van der Waals surface area contributed by atoms with E-state index in [0.717, 1.165) is 67.9 Å². The zero-order valence-corrected chi connectivity index (χ0v) is 22.0. The maximum Gasteiger partial charge on any atom is 0.159 e. The summed E-state index contributed by atoms with van der Waals surface area (Å²) in [7, 11) is 0. The molecule has 196 valence electrons. The van der Waals surface area contributed by atoms with Gasteiger partial charge in [-0.3, -0.25) is 4.90 Å². The van der Waals surface area contributed by atoms with Crippen molar-refractivity contribution in [2.24, 2.45) is 0 Å². The minimum atomic E-state index is -0.654. The van der Waals surface area contributed by atoms with Crippen molar-refractivity contribution in [2.45, 2.75) is 64.3 Å². The molecule has 2 aromatic heterocycles. The highest BCUT2D eigenvalue weighted by atomic mass is 16.3. The SMILES string of the molecule is CCc1nn2c(C)cc(C)nc2c1Cc1ccc(C=CCC2CNCCN2C2CN[C@H](C=O)[C@H]2O)cc1. The molecule has 0 radical (unpaired) electrons. The largest absolute Gasteiger partial charge is 0.389 e. The van der Waals surface area contributed by atoms with Crippen molar-refractivity contribution in [2.75, 3.05) is 26.2 Å². The topological polar surface area (TPSA) is 94.8 Å². The van der Waals surface area contributed by atoms with Crippen LogP contribution in [0.3, 0.4) is 0 Å². The molecule has 0 amide bonds. The second kappa shape index (κ2) is 11.2. The van der Waals surface area contributed by atoms with Crippen LogP contribution in [0, 0.1) is 13.8 Å². The first kappa shape index (κ1) is 25.7. The van der Waals surface area contributed by atoms with Gasteiger partial charge in [-0.2, -0.15) is 5.10 Å². The van der Waals surface area contributed by atoms with Crippen LogP contribution in [0.2, 0.25) is 0 Å². The van der Waals surface area contributed by atoms with Gasteiger partial charge in [-0.1, -0.05) is 43.3 Å². The number of hydrogen-bond acceptors (Lipinski definition) is 7. The van der Waals surface area contributed by atoms with Crippen LogP contribution in [0.1, 0.15) is 47.1 Å². The normalized spacial score (nSPS) is 24.9. The number of carbonyl (C=O) groups is 1. The number of piperazine rings is 1. The summed E-state index contributed by atoms with van der Waals surface area (Å²) in [5, 5.41) is 22.0. The van der Waals surface area contributed by atoms with E-state index in [1.165, 1.54) is 16.7 Å². The van der Waals surface area contributed by atoms with E-state index in [9.17, 15) is 9.90 Å². The Kier molecular flexibility index (Phi) is 7.81. The molecule has 8 nitrogen and oxygen atoms in total. The Morgan fingerprint density at radius 3 is 2.73 bits per heavy atom. The summed E-state index contributed by atoms with van der Waals surface area (Å²) in [6.45, 7) is 9.56. The van der Waals surface area contributed by atoms with Crippen molar-refractivity contribution in [1.82, 2.24) is 30.1 Å². The third-order valence-corrected chi connectivity index (χ3v) is 7.78. The first-order valence-electron chi connectivity index (χ1n) is 13.4. The quantitative estimate of drug-likeness (QED) is 0.406. The minimum absolute atomic E-state index is 0.0232. The number of hydrogen-bond donors (Lipinski definition) is 3. The predicted molar refractivity (Wildman–Crippen MR) is 146 cm³/mol. The van der Waals surface area contributed by atoms with Gasteiger partial charge in [0.05, 0.1) is 23.9 Å². The molecule has 1 aromatic carbocycles. The number of aliphatic hydroxyl groups excluding tert-OH is 1. The fourth-order valence-corrected chi connectivity index (χ4v) is 5.80. The van der Waals surface area contributed by atoms with E-state index in [1.807, 2.05) is 11.4 Å². The number of aliphatic hydroxyl groups is 1. The maximum atomic E-state index is 11.2. The van der Waals surface area contributed by atoms with E-state index in [1.54, 1.807) is 0 Å². The third-order valence-electron chi connectivity index (χ3n) is 7.78. The summed E-state index contributed by atoms with van der Waals surface area (Å²) >= 11 is 0. The Balaban J connectivity index is 1.25. The number of rotatable bonds is 8. The number of aromatic nitrogens is 3. The van der Waals surface area contributed by atoms with Crippen molar-refractivity contribution in [1.29, 1.82) is 0 Å². The van der Waals surface area contributed by atoms with Gasteiger partial charge >= 0.3 is 0 Å². The monoisotopic (exact) mass is 502 g/mol. The first-order chi connectivity index (χ1) is 18.0. The van der Waals surface area contributed by atoms with Crippen LogP contribution in [-0.2, 0) is 17.6 Å². The third kappa shape index (κ3) is 5.38. The molecule has 2 fully saturated rings. The molecule has 3 N–H and O–H groups in total. The second-order valence-electron chi connectivity index (χ2n) is 10.3. The lowest BCUT2D eigenvalue weighted by Gasteiger charge is -2.41. The molecular weight excluding hydrogens is 464 g/mol. The predicted octanol–water partition coefficient (Wildman–Crippen LogP) is 2.08. The van der Waals surface area contributed by atoms with Crippen LogP contribution in [0.25, 0.3) is 11.7 Å². The highest BCUT2D eigenvalue weighted by molar-refractivity contribution is 5.60. The van der Waals surface area contributed by atoms with Crippen molar-refractivity contribution >= 4 is 18.0 Å². The lowest BCUT2D eigenvalue weighted by atomic mass is 10.0. The Labute approximate surface area is 218 Å². The van der Waals surface area contributed by atoms with Crippen LogP contribution < -0.4 is 10.6 Å². The molecule has 8 heteroatoms. The summed E-state index contributed by atoms with van der Waals surface area (Å²) in [5.41, 5.74) is 7.83. The molecule has 2 unspecified atom stereocenters. The van der Waals surface area contributed by atoms with Gasteiger partial charge in [0.2, 0.25) is 0 Å². The maximum absolute atomic E-state index is 11.2. The Bertz CT molecular complexity index is 1270. The molecule has 5 rings (SSSR count). The number of aryl methyl sites for hydroxylation is 3. The lowest BCUT2D eigenvalue weighted by molar-refractivity contribution is -0.111. The summed E-state index contributed by atoms with van der Waals surface area (Å²) in [6.07, 6.45) is 7.15. The molecule has 4 atom stereocenters. The lowest BCUT2D eigenvalue weighted by Crippen LogP contribution is -2.58. The first-order valence-corrected chi connectivity index (χ1v) is 13.4. The fraction of sp³-hybridized carbons (Fsp3) is 0.483. The number of benzene rings is 1. The molecule has 0 bridgehead atoms. The van der Waals surface area contributed by atoms with Crippen LogP contribution in [0.15, 0.2) is 36.4 Å². The van der Waals surface area contributed by atoms with Gasteiger partial charge < -0.3 is 20.5 Å². The summed E-state index contributed by atoms with van der Waals surface area (Å²) in [5.74, 6) is 0. The molecule has 2 aliphatic heterocycles. The van der Waals surface area contributed by atoms with E-state index < -0.39 is 12.1 Å². The molecular formula is C29H38N6O2. The van der Waals surface area contributed by atoms with Gasteiger partial charge in [-0.15, -0.1) is 0 Å². The van der Waals surface area contributed by atoms with Crippen molar-refractivity contribution < 1.29 is 9.90 Å². The molecule has 0 spiro atoms. The van der Waals surface area contributed by atoms with Crippen molar-refractivity contribution in [3.8, 4) is 0 Å². The van der Waals surface area contributed by atoms with E-state index >= 15 is 0 Å². The number of fused-ring (bicyclic) bond motifs is 1. The number of aldehydes is 1.